The molecule has 1 atom stereocenters. The van der Waals surface area contributed by atoms with Gasteiger partial charge < -0.3 is 11.1 Å². The lowest BCUT2D eigenvalue weighted by Gasteiger charge is -2.15. The van der Waals surface area contributed by atoms with Gasteiger partial charge in [-0.15, -0.1) is 0 Å². The molecule has 6 heteroatoms. The fraction of sp³-hybridized carbons (Fsp3) is 0.273. The SMILES string of the molecule is CCC(NC(=O)c1cc(Cl)cc(Cl)c1)C(N)=S. The average Bonchev–Trinajstić information content (AvgIpc) is 2.23. The Balaban J connectivity index is 2.86. The number of hydrogen-bond donors (Lipinski definition) is 2. The zero-order valence-electron chi connectivity index (χ0n) is 9.17. The maximum Gasteiger partial charge on any atom is 0.251 e. The molecular weight excluding hydrogens is 279 g/mol. The van der Waals surface area contributed by atoms with Crippen LogP contribution in [0.5, 0.6) is 0 Å². The first-order chi connectivity index (χ1) is 7.93. The Morgan fingerprint density at radius 2 is 1.94 bits per heavy atom. The first-order valence-electron chi connectivity index (χ1n) is 5.00. The van der Waals surface area contributed by atoms with Crippen molar-refractivity contribution in [1.29, 1.82) is 0 Å². The van der Waals surface area contributed by atoms with Gasteiger partial charge in [-0.25, -0.2) is 0 Å². The second-order valence-corrected chi connectivity index (χ2v) is 4.84. The van der Waals surface area contributed by atoms with Gasteiger partial charge in [-0.1, -0.05) is 42.3 Å². The van der Waals surface area contributed by atoms with Crippen molar-refractivity contribution in [2.75, 3.05) is 0 Å². The van der Waals surface area contributed by atoms with Crippen LogP contribution >= 0.6 is 35.4 Å². The van der Waals surface area contributed by atoms with E-state index in [4.69, 9.17) is 41.2 Å². The lowest BCUT2D eigenvalue weighted by atomic mass is 10.1. The smallest absolute Gasteiger partial charge is 0.251 e. The Bertz CT molecular complexity index is 431. The van der Waals surface area contributed by atoms with Gasteiger partial charge in [0.15, 0.2) is 0 Å². The standard InChI is InChI=1S/C11H12Cl2N2OS/c1-2-9(10(14)17)15-11(16)6-3-7(12)5-8(13)4-6/h3-5,9H,2H2,1H3,(H2,14,17)(H,15,16). The molecule has 0 radical (unpaired) electrons. The number of nitrogens with one attached hydrogen (secondary N) is 1. The van der Waals surface area contributed by atoms with Crippen LogP contribution in [0.15, 0.2) is 18.2 Å². The molecule has 1 aromatic rings. The largest absolute Gasteiger partial charge is 0.392 e. The van der Waals surface area contributed by atoms with E-state index >= 15 is 0 Å². The van der Waals surface area contributed by atoms with Crippen molar-refractivity contribution >= 4 is 46.3 Å². The fourth-order valence-electron chi connectivity index (χ4n) is 1.30. The molecule has 0 saturated heterocycles. The third kappa shape index (κ3) is 4.15. The summed E-state index contributed by atoms with van der Waals surface area (Å²) in [4.78, 5) is 12.1. The number of carbonyl (C=O) groups excluding carboxylic acids is 1. The topological polar surface area (TPSA) is 55.1 Å². The summed E-state index contributed by atoms with van der Waals surface area (Å²) in [6, 6.07) is 4.31. The van der Waals surface area contributed by atoms with Crippen molar-refractivity contribution in [3.63, 3.8) is 0 Å². The molecule has 1 unspecified atom stereocenters. The minimum Gasteiger partial charge on any atom is -0.392 e. The monoisotopic (exact) mass is 290 g/mol. The number of carbonyl (C=O) groups is 1. The highest BCUT2D eigenvalue weighted by atomic mass is 35.5. The van der Waals surface area contributed by atoms with Gasteiger partial charge in [0, 0.05) is 15.6 Å². The Kier molecular flexibility index (Phi) is 5.18. The maximum absolute atomic E-state index is 11.9. The van der Waals surface area contributed by atoms with Crippen LogP contribution in [0, 0.1) is 0 Å². The van der Waals surface area contributed by atoms with E-state index in [0.717, 1.165) is 0 Å². The number of amides is 1. The zero-order chi connectivity index (χ0) is 13.0. The highest BCUT2D eigenvalue weighted by Crippen LogP contribution is 2.19. The van der Waals surface area contributed by atoms with Crippen molar-refractivity contribution in [2.45, 2.75) is 19.4 Å². The summed E-state index contributed by atoms with van der Waals surface area (Å²) in [5.74, 6) is -0.297. The molecule has 1 amide bonds. The molecule has 1 rings (SSSR count). The van der Waals surface area contributed by atoms with Gasteiger partial charge in [-0.2, -0.15) is 0 Å². The van der Waals surface area contributed by atoms with E-state index in [1.807, 2.05) is 6.92 Å². The molecule has 0 bridgehead atoms. The molecule has 1 aromatic carbocycles. The second kappa shape index (κ2) is 6.19. The normalized spacial score (nSPS) is 11.9. The molecule has 17 heavy (non-hydrogen) atoms. The number of halogens is 2. The Morgan fingerprint density at radius 1 is 1.41 bits per heavy atom. The molecule has 92 valence electrons. The Hall–Kier alpha value is -0.840. The van der Waals surface area contributed by atoms with Crippen LogP contribution in [0.4, 0.5) is 0 Å². The quantitative estimate of drug-likeness (QED) is 0.839. The Labute approximate surface area is 115 Å². The summed E-state index contributed by atoms with van der Waals surface area (Å²) in [5, 5.41) is 3.53. The third-order valence-corrected chi connectivity index (χ3v) is 2.90. The maximum atomic E-state index is 11.9. The Morgan fingerprint density at radius 3 is 2.35 bits per heavy atom. The van der Waals surface area contributed by atoms with Gasteiger partial charge in [0.1, 0.15) is 0 Å². The first-order valence-corrected chi connectivity index (χ1v) is 6.16. The predicted octanol–water partition coefficient (Wildman–Crippen LogP) is 2.79. The highest BCUT2D eigenvalue weighted by molar-refractivity contribution is 7.80. The van der Waals surface area contributed by atoms with Crippen LogP contribution in [0.1, 0.15) is 23.7 Å². The van der Waals surface area contributed by atoms with Crippen LogP contribution < -0.4 is 11.1 Å². The van der Waals surface area contributed by atoms with Crippen molar-refractivity contribution in [3.8, 4) is 0 Å². The molecule has 3 nitrogen and oxygen atoms in total. The number of hydrogen-bond acceptors (Lipinski definition) is 2. The van der Waals surface area contributed by atoms with E-state index in [2.05, 4.69) is 5.32 Å². The lowest BCUT2D eigenvalue weighted by molar-refractivity contribution is 0.0946. The van der Waals surface area contributed by atoms with E-state index in [9.17, 15) is 4.79 Å². The third-order valence-electron chi connectivity index (χ3n) is 2.18. The van der Waals surface area contributed by atoms with E-state index in [0.29, 0.717) is 22.0 Å². The van der Waals surface area contributed by atoms with Gasteiger partial charge >= 0.3 is 0 Å². The number of benzene rings is 1. The molecule has 0 heterocycles. The van der Waals surface area contributed by atoms with E-state index < -0.39 is 0 Å². The summed E-state index contributed by atoms with van der Waals surface area (Å²) in [6.45, 7) is 1.88. The molecule has 0 aliphatic rings. The van der Waals surface area contributed by atoms with Crippen LogP contribution in [-0.2, 0) is 0 Å². The first kappa shape index (κ1) is 14.2. The van der Waals surface area contributed by atoms with Crippen LogP contribution in [0.3, 0.4) is 0 Å². The second-order valence-electron chi connectivity index (χ2n) is 3.49. The van der Waals surface area contributed by atoms with Gasteiger partial charge in [-0.3, -0.25) is 4.79 Å². The van der Waals surface area contributed by atoms with Gasteiger partial charge in [-0.05, 0) is 24.6 Å². The summed E-state index contributed by atoms with van der Waals surface area (Å²) >= 11 is 16.5. The van der Waals surface area contributed by atoms with Gasteiger partial charge in [0.25, 0.3) is 5.91 Å². The van der Waals surface area contributed by atoms with Crippen molar-refractivity contribution < 1.29 is 4.79 Å². The molecular formula is C11H12Cl2N2OS. The number of rotatable bonds is 4. The minimum atomic E-state index is -0.324. The highest BCUT2D eigenvalue weighted by Gasteiger charge is 2.15. The van der Waals surface area contributed by atoms with Gasteiger partial charge in [0.2, 0.25) is 0 Å². The predicted molar refractivity (Wildman–Crippen MR) is 74.8 cm³/mol. The van der Waals surface area contributed by atoms with Crippen molar-refractivity contribution in [1.82, 2.24) is 5.32 Å². The van der Waals surface area contributed by atoms with Crippen molar-refractivity contribution in [3.05, 3.63) is 33.8 Å². The average molecular weight is 291 g/mol. The molecule has 0 aliphatic heterocycles. The van der Waals surface area contributed by atoms with E-state index in [1.165, 1.54) is 12.1 Å². The summed E-state index contributed by atoms with van der Waals surface area (Å²) in [5.41, 5.74) is 5.88. The minimum absolute atomic E-state index is 0.258. The molecule has 0 aromatic heterocycles. The van der Waals surface area contributed by atoms with E-state index in [1.54, 1.807) is 6.07 Å². The molecule has 0 aliphatic carbocycles. The summed E-state index contributed by atoms with van der Waals surface area (Å²) < 4.78 is 0. The van der Waals surface area contributed by atoms with Crippen LogP contribution in [0.25, 0.3) is 0 Å². The van der Waals surface area contributed by atoms with Crippen molar-refractivity contribution in [2.24, 2.45) is 5.73 Å². The molecule has 0 spiro atoms. The lowest BCUT2D eigenvalue weighted by Crippen LogP contribution is -2.42. The zero-order valence-corrected chi connectivity index (χ0v) is 11.5. The number of nitrogens with two attached hydrogens (primary N) is 1. The molecule has 3 N–H and O–H groups in total. The van der Waals surface area contributed by atoms with Crippen LogP contribution in [0.2, 0.25) is 10.0 Å². The molecule has 0 fully saturated rings. The summed E-state index contributed by atoms with van der Waals surface area (Å²) in [7, 11) is 0. The van der Waals surface area contributed by atoms with Gasteiger partial charge in [0.05, 0.1) is 11.0 Å². The fourth-order valence-corrected chi connectivity index (χ4v) is 2.05. The van der Waals surface area contributed by atoms with Crippen LogP contribution in [-0.4, -0.2) is 16.9 Å². The summed E-state index contributed by atoms with van der Waals surface area (Å²) in [6.07, 6.45) is 0.634. The number of thiocarbonyl (C=S) groups is 1. The van der Waals surface area contributed by atoms with E-state index in [-0.39, 0.29) is 16.9 Å². The molecule has 0 saturated carbocycles.